The van der Waals surface area contributed by atoms with E-state index in [2.05, 4.69) is 0 Å². The molecule has 0 radical (unpaired) electrons. The number of halogens is 1. The van der Waals surface area contributed by atoms with Gasteiger partial charge in [-0.3, -0.25) is 4.79 Å². The molecule has 0 saturated heterocycles. The van der Waals surface area contributed by atoms with Crippen molar-refractivity contribution >= 4 is 28.8 Å². The predicted octanol–water partition coefficient (Wildman–Crippen LogP) is 3.13. The molecule has 0 atom stereocenters. The number of nitrogens with zero attached hydrogens (tertiary/aromatic N) is 1. The van der Waals surface area contributed by atoms with Crippen molar-refractivity contribution in [1.29, 1.82) is 0 Å². The van der Waals surface area contributed by atoms with Crippen molar-refractivity contribution in [2.24, 2.45) is 5.73 Å². The van der Waals surface area contributed by atoms with Crippen LogP contribution in [0, 0.1) is 0 Å². The monoisotopic (exact) mass is 286 g/mol. The molecule has 0 unspecified atom stereocenters. The number of thiophene rings is 1. The lowest BCUT2D eigenvalue weighted by atomic mass is 9.90. The minimum atomic E-state index is 0.106. The van der Waals surface area contributed by atoms with Gasteiger partial charge >= 0.3 is 0 Å². The molecule has 0 aliphatic heterocycles. The van der Waals surface area contributed by atoms with E-state index in [1.54, 1.807) is 6.07 Å². The predicted molar refractivity (Wildman–Crippen MR) is 76.3 cm³/mol. The first-order valence-corrected chi connectivity index (χ1v) is 7.63. The third kappa shape index (κ3) is 3.05. The Bertz CT molecular complexity index is 413. The average Bonchev–Trinajstić information content (AvgIpc) is 2.79. The van der Waals surface area contributed by atoms with Gasteiger partial charge in [-0.15, -0.1) is 11.3 Å². The van der Waals surface area contributed by atoms with Crippen molar-refractivity contribution in [3.63, 3.8) is 0 Å². The topological polar surface area (TPSA) is 46.3 Å². The molecule has 0 spiro atoms. The molecule has 1 fully saturated rings. The van der Waals surface area contributed by atoms with E-state index in [1.807, 2.05) is 17.9 Å². The summed E-state index contributed by atoms with van der Waals surface area (Å²) in [5.74, 6) is 0.106. The van der Waals surface area contributed by atoms with Crippen LogP contribution >= 0.6 is 22.9 Å². The summed E-state index contributed by atoms with van der Waals surface area (Å²) < 4.78 is 0.667. The Morgan fingerprint density at radius 2 is 2.11 bits per heavy atom. The Morgan fingerprint density at radius 1 is 1.44 bits per heavy atom. The average molecular weight is 287 g/mol. The summed E-state index contributed by atoms with van der Waals surface area (Å²) in [5, 5.41) is 0. The number of amides is 1. The first-order valence-electron chi connectivity index (χ1n) is 6.43. The Kier molecular flexibility index (Phi) is 4.65. The lowest BCUT2D eigenvalue weighted by Crippen LogP contribution is -2.43. The fourth-order valence-electron chi connectivity index (χ4n) is 2.55. The van der Waals surface area contributed by atoms with Crippen LogP contribution in [0.1, 0.15) is 42.3 Å². The molecule has 0 aromatic carbocycles. The number of hydrogen-bond acceptors (Lipinski definition) is 3. The first-order chi connectivity index (χ1) is 8.61. The molecule has 1 aliphatic rings. The highest BCUT2D eigenvalue weighted by Crippen LogP contribution is 2.27. The Hall–Kier alpha value is -0.580. The van der Waals surface area contributed by atoms with Gasteiger partial charge in [0.1, 0.15) is 0 Å². The second kappa shape index (κ2) is 6.04. The fraction of sp³-hybridized carbons (Fsp3) is 0.615. The van der Waals surface area contributed by atoms with Crippen LogP contribution in [0.15, 0.2) is 12.1 Å². The molecule has 18 heavy (non-hydrogen) atoms. The zero-order chi connectivity index (χ0) is 13.1. The molecular formula is C13H19ClN2OS. The van der Waals surface area contributed by atoms with Gasteiger partial charge in [0.25, 0.3) is 5.91 Å². The molecule has 1 aromatic rings. The molecule has 100 valence electrons. The number of carbonyl (C=O) groups excluding carboxylic acids is 1. The third-order valence-electron chi connectivity index (χ3n) is 3.57. The summed E-state index contributed by atoms with van der Waals surface area (Å²) in [6.07, 6.45) is 4.05. The molecular weight excluding hydrogens is 268 g/mol. The smallest absolute Gasteiger partial charge is 0.264 e. The maximum absolute atomic E-state index is 12.4. The number of carbonyl (C=O) groups is 1. The van der Waals surface area contributed by atoms with Crippen LogP contribution < -0.4 is 5.73 Å². The quantitative estimate of drug-likeness (QED) is 0.928. The van der Waals surface area contributed by atoms with Gasteiger partial charge in [0.15, 0.2) is 0 Å². The van der Waals surface area contributed by atoms with Crippen LogP contribution in [-0.2, 0) is 0 Å². The van der Waals surface area contributed by atoms with Crippen LogP contribution in [0.5, 0.6) is 0 Å². The highest BCUT2D eigenvalue weighted by atomic mass is 35.5. The first kappa shape index (κ1) is 13.8. The van der Waals surface area contributed by atoms with E-state index < -0.39 is 0 Å². The third-order valence-corrected chi connectivity index (χ3v) is 4.79. The zero-order valence-electron chi connectivity index (χ0n) is 10.6. The normalized spacial score (nSPS) is 23.9. The van der Waals surface area contributed by atoms with Crippen LogP contribution in [-0.4, -0.2) is 29.4 Å². The van der Waals surface area contributed by atoms with Crippen LogP contribution in [0.25, 0.3) is 0 Å². The van der Waals surface area contributed by atoms with Gasteiger partial charge in [-0.2, -0.15) is 0 Å². The minimum absolute atomic E-state index is 0.106. The molecule has 2 rings (SSSR count). The highest BCUT2D eigenvalue weighted by Gasteiger charge is 2.27. The molecule has 3 nitrogen and oxygen atoms in total. The van der Waals surface area contributed by atoms with E-state index in [-0.39, 0.29) is 5.91 Å². The molecule has 2 N–H and O–H groups in total. The summed E-state index contributed by atoms with van der Waals surface area (Å²) in [5.41, 5.74) is 5.91. The van der Waals surface area contributed by atoms with Crippen molar-refractivity contribution in [1.82, 2.24) is 4.90 Å². The highest BCUT2D eigenvalue weighted by molar-refractivity contribution is 7.17. The zero-order valence-corrected chi connectivity index (χ0v) is 12.1. The molecule has 0 bridgehead atoms. The van der Waals surface area contributed by atoms with Crippen LogP contribution in [0.2, 0.25) is 4.34 Å². The van der Waals surface area contributed by atoms with Gasteiger partial charge in [0.05, 0.1) is 9.21 Å². The Balaban J connectivity index is 2.06. The maximum atomic E-state index is 12.4. The van der Waals surface area contributed by atoms with Crippen molar-refractivity contribution in [3.05, 3.63) is 21.3 Å². The second-order valence-electron chi connectivity index (χ2n) is 4.76. The molecule has 1 heterocycles. The number of rotatable bonds is 3. The molecule has 1 amide bonds. The number of nitrogens with two attached hydrogens (primary N) is 1. The lowest BCUT2D eigenvalue weighted by molar-refractivity contribution is 0.0645. The van der Waals surface area contributed by atoms with Gasteiger partial charge in [-0.05, 0) is 44.7 Å². The Morgan fingerprint density at radius 3 is 2.61 bits per heavy atom. The summed E-state index contributed by atoms with van der Waals surface area (Å²) >= 11 is 7.24. The van der Waals surface area contributed by atoms with Crippen LogP contribution in [0.3, 0.4) is 0 Å². The maximum Gasteiger partial charge on any atom is 0.264 e. The standard InChI is InChI=1S/C13H19ClN2OS/c1-2-16(10-5-3-9(15)4-6-10)13(17)11-7-8-12(14)18-11/h7-10H,2-6,15H2,1H3. The summed E-state index contributed by atoms with van der Waals surface area (Å²) in [6, 6.07) is 4.24. The molecule has 5 heteroatoms. The largest absolute Gasteiger partial charge is 0.335 e. The summed E-state index contributed by atoms with van der Waals surface area (Å²) in [7, 11) is 0. The van der Waals surface area contributed by atoms with E-state index in [1.165, 1.54) is 11.3 Å². The molecule has 1 saturated carbocycles. The lowest BCUT2D eigenvalue weighted by Gasteiger charge is -2.35. The van der Waals surface area contributed by atoms with E-state index >= 15 is 0 Å². The molecule has 1 aromatic heterocycles. The van der Waals surface area contributed by atoms with Gasteiger partial charge in [0, 0.05) is 18.6 Å². The summed E-state index contributed by atoms with van der Waals surface area (Å²) in [4.78, 5) is 15.1. The van der Waals surface area contributed by atoms with Crippen molar-refractivity contribution in [2.75, 3.05) is 6.54 Å². The van der Waals surface area contributed by atoms with Gasteiger partial charge in [-0.25, -0.2) is 0 Å². The minimum Gasteiger partial charge on any atom is -0.335 e. The SMILES string of the molecule is CCN(C(=O)c1ccc(Cl)s1)C1CCC(N)CC1. The van der Waals surface area contributed by atoms with E-state index in [0.717, 1.165) is 37.1 Å². The van der Waals surface area contributed by atoms with Gasteiger partial charge in [-0.1, -0.05) is 11.6 Å². The fourth-order valence-corrected chi connectivity index (χ4v) is 3.55. The van der Waals surface area contributed by atoms with Crippen LogP contribution in [0.4, 0.5) is 0 Å². The molecule has 1 aliphatic carbocycles. The number of hydrogen-bond donors (Lipinski definition) is 1. The van der Waals surface area contributed by atoms with Gasteiger partial charge in [0.2, 0.25) is 0 Å². The van der Waals surface area contributed by atoms with Crippen molar-refractivity contribution < 1.29 is 4.79 Å². The second-order valence-corrected chi connectivity index (χ2v) is 6.48. The van der Waals surface area contributed by atoms with E-state index in [9.17, 15) is 4.79 Å². The van der Waals surface area contributed by atoms with Crippen molar-refractivity contribution in [2.45, 2.75) is 44.7 Å². The Labute approximate surface area is 117 Å². The van der Waals surface area contributed by atoms with Crippen molar-refractivity contribution in [3.8, 4) is 0 Å². The van der Waals surface area contributed by atoms with E-state index in [0.29, 0.717) is 16.4 Å². The van der Waals surface area contributed by atoms with E-state index in [4.69, 9.17) is 17.3 Å². The van der Waals surface area contributed by atoms with Gasteiger partial charge < -0.3 is 10.6 Å². The summed E-state index contributed by atoms with van der Waals surface area (Å²) in [6.45, 7) is 2.77.